The summed E-state index contributed by atoms with van der Waals surface area (Å²) in [6, 6.07) is 0.282. The number of fused-ring (bicyclic) bond motifs is 1. The third-order valence-electron chi connectivity index (χ3n) is 3.68. The quantitative estimate of drug-likeness (QED) is 0.717. The third kappa shape index (κ3) is 1.79. The maximum absolute atomic E-state index is 12.1. The van der Waals surface area contributed by atoms with Crippen molar-refractivity contribution in [2.24, 2.45) is 16.1 Å². The molecule has 0 aromatic carbocycles. The SMILES string of the molecule is CCC(=O)C1C2CN=NC2CN1C(C)(C)C. The molecule has 2 aliphatic heterocycles. The Morgan fingerprint density at radius 1 is 1.44 bits per heavy atom. The molecule has 16 heavy (non-hydrogen) atoms. The second kappa shape index (κ2) is 3.91. The molecular formula is C12H21N3O. The van der Waals surface area contributed by atoms with Crippen LogP contribution in [0.1, 0.15) is 34.1 Å². The number of hydrogen-bond acceptors (Lipinski definition) is 4. The summed E-state index contributed by atoms with van der Waals surface area (Å²) in [6.07, 6.45) is 0.612. The van der Waals surface area contributed by atoms with Crippen molar-refractivity contribution < 1.29 is 4.79 Å². The van der Waals surface area contributed by atoms with E-state index in [9.17, 15) is 4.79 Å². The van der Waals surface area contributed by atoms with E-state index in [0.29, 0.717) is 18.1 Å². The first kappa shape index (κ1) is 11.7. The summed E-state index contributed by atoms with van der Waals surface area (Å²) in [6.45, 7) is 10.1. The highest BCUT2D eigenvalue weighted by Gasteiger charge is 2.50. The highest BCUT2D eigenvalue weighted by atomic mass is 16.1. The first-order valence-electron chi connectivity index (χ1n) is 6.11. The Labute approximate surface area is 97.1 Å². The molecule has 0 aromatic rings. The van der Waals surface area contributed by atoms with Gasteiger partial charge in [0, 0.05) is 24.4 Å². The van der Waals surface area contributed by atoms with E-state index in [1.807, 2.05) is 6.92 Å². The van der Waals surface area contributed by atoms with Gasteiger partial charge in [0.2, 0.25) is 0 Å². The van der Waals surface area contributed by atoms with E-state index in [0.717, 1.165) is 13.1 Å². The lowest BCUT2D eigenvalue weighted by Gasteiger charge is -2.37. The van der Waals surface area contributed by atoms with Crippen molar-refractivity contribution in [3.8, 4) is 0 Å². The fourth-order valence-corrected chi connectivity index (χ4v) is 2.79. The Morgan fingerprint density at radius 3 is 2.69 bits per heavy atom. The molecule has 0 spiro atoms. The second-order valence-electron chi connectivity index (χ2n) is 5.76. The number of rotatable bonds is 2. The van der Waals surface area contributed by atoms with E-state index in [-0.39, 0.29) is 17.6 Å². The molecule has 0 saturated carbocycles. The zero-order chi connectivity index (χ0) is 11.9. The molecule has 0 radical (unpaired) electrons. The van der Waals surface area contributed by atoms with Crippen LogP contribution in [0.3, 0.4) is 0 Å². The molecule has 0 bridgehead atoms. The normalized spacial score (nSPS) is 34.4. The van der Waals surface area contributed by atoms with Gasteiger partial charge in [-0.3, -0.25) is 9.69 Å². The summed E-state index contributed by atoms with van der Waals surface area (Å²) in [5.41, 5.74) is 0.0371. The zero-order valence-corrected chi connectivity index (χ0v) is 10.6. The third-order valence-corrected chi connectivity index (χ3v) is 3.68. The second-order valence-corrected chi connectivity index (χ2v) is 5.76. The largest absolute Gasteiger partial charge is 0.298 e. The van der Waals surface area contributed by atoms with Crippen LogP contribution in [-0.2, 0) is 4.79 Å². The van der Waals surface area contributed by atoms with Gasteiger partial charge in [-0.1, -0.05) is 6.92 Å². The van der Waals surface area contributed by atoms with Crippen LogP contribution < -0.4 is 0 Å². The summed E-state index contributed by atoms with van der Waals surface area (Å²) < 4.78 is 0. The molecule has 2 rings (SSSR count). The predicted octanol–water partition coefficient (Wildman–Crippen LogP) is 1.90. The van der Waals surface area contributed by atoms with Crippen LogP contribution in [0.25, 0.3) is 0 Å². The van der Waals surface area contributed by atoms with Gasteiger partial charge in [-0.15, -0.1) is 0 Å². The number of ketones is 1. The van der Waals surface area contributed by atoms with Crippen molar-refractivity contribution in [1.82, 2.24) is 4.90 Å². The summed E-state index contributed by atoms with van der Waals surface area (Å²) >= 11 is 0. The van der Waals surface area contributed by atoms with Gasteiger partial charge < -0.3 is 0 Å². The van der Waals surface area contributed by atoms with Gasteiger partial charge in [0.1, 0.15) is 5.78 Å². The lowest BCUT2D eigenvalue weighted by Crippen LogP contribution is -2.49. The average Bonchev–Trinajstić information content (AvgIpc) is 2.73. The molecule has 2 heterocycles. The molecule has 3 unspecified atom stereocenters. The Morgan fingerprint density at radius 2 is 2.12 bits per heavy atom. The maximum Gasteiger partial charge on any atom is 0.150 e. The number of carbonyl (C=O) groups is 1. The van der Waals surface area contributed by atoms with Crippen LogP contribution in [0.15, 0.2) is 10.2 Å². The Kier molecular flexibility index (Phi) is 2.86. The number of nitrogens with zero attached hydrogens (tertiary/aromatic N) is 3. The zero-order valence-electron chi connectivity index (χ0n) is 10.6. The Hall–Kier alpha value is -0.770. The molecule has 1 saturated heterocycles. The van der Waals surface area contributed by atoms with E-state index in [1.54, 1.807) is 0 Å². The van der Waals surface area contributed by atoms with Crippen molar-refractivity contribution in [2.75, 3.05) is 13.1 Å². The van der Waals surface area contributed by atoms with Crippen LogP contribution in [0.2, 0.25) is 0 Å². The number of azo groups is 1. The molecule has 4 heteroatoms. The highest BCUT2D eigenvalue weighted by molar-refractivity contribution is 5.84. The number of hydrogen-bond donors (Lipinski definition) is 0. The van der Waals surface area contributed by atoms with Crippen molar-refractivity contribution in [3.05, 3.63) is 0 Å². The monoisotopic (exact) mass is 223 g/mol. The van der Waals surface area contributed by atoms with Crippen LogP contribution in [-0.4, -0.2) is 41.4 Å². The number of carbonyl (C=O) groups excluding carboxylic acids is 1. The minimum atomic E-state index is 0.0324. The first-order chi connectivity index (χ1) is 7.45. The van der Waals surface area contributed by atoms with Crippen molar-refractivity contribution in [3.63, 3.8) is 0 Å². The van der Waals surface area contributed by atoms with E-state index in [1.165, 1.54) is 0 Å². The van der Waals surface area contributed by atoms with Gasteiger partial charge >= 0.3 is 0 Å². The maximum atomic E-state index is 12.1. The minimum Gasteiger partial charge on any atom is -0.298 e. The smallest absolute Gasteiger partial charge is 0.150 e. The lowest BCUT2D eigenvalue weighted by molar-refractivity contribution is -0.125. The molecule has 0 amide bonds. The highest BCUT2D eigenvalue weighted by Crippen LogP contribution is 2.36. The molecule has 3 atom stereocenters. The fraction of sp³-hybridized carbons (Fsp3) is 0.917. The molecule has 0 aliphatic carbocycles. The van der Waals surface area contributed by atoms with E-state index < -0.39 is 0 Å². The fourth-order valence-electron chi connectivity index (χ4n) is 2.79. The molecule has 2 aliphatic rings. The lowest BCUT2D eigenvalue weighted by atomic mass is 9.92. The van der Waals surface area contributed by atoms with Crippen LogP contribution in [0.5, 0.6) is 0 Å². The van der Waals surface area contributed by atoms with Gasteiger partial charge in [0.25, 0.3) is 0 Å². The van der Waals surface area contributed by atoms with Crippen LogP contribution in [0, 0.1) is 5.92 Å². The summed E-state index contributed by atoms with van der Waals surface area (Å²) in [7, 11) is 0. The summed E-state index contributed by atoms with van der Waals surface area (Å²) in [5, 5.41) is 8.36. The van der Waals surface area contributed by atoms with Gasteiger partial charge in [0.15, 0.2) is 0 Å². The summed E-state index contributed by atoms with van der Waals surface area (Å²) in [5.74, 6) is 0.668. The van der Waals surface area contributed by atoms with E-state index in [2.05, 4.69) is 35.9 Å². The molecule has 4 nitrogen and oxygen atoms in total. The summed E-state index contributed by atoms with van der Waals surface area (Å²) in [4.78, 5) is 14.4. The van der Waals surface area contributed by atoms with Gasteiger partial charge in [-0.25, -0.2) is 0 Å². The molecule has 90 valence electrons. The van der Waals surface area contributed by atoms with E-state index >= 15 is 0 Å². The number of Topliss-reactive ketones (excluding diaryl/α,β-unsaturated/α-hetero) is 1. The topological polar surface area (TPSA) is 45.0 Å². The standard InChI is InChI=1S/C12H21N3O/c1-5-10(16)11-8-6-13-14-9(8)7-15(11)12(2,3)4/h8-9,11H,5-7H2,1-4H3. The van der Waals surface area contributed by atoms with E-state index in [4.69, 9.17) is 0 Å². The van der Waals surface area contributed by atoms with Crippen LogP contribution >= 0.6 is 0 Å². The minimum absolute atomic E-state index is 0.0324. The van der Waals surface area contributed by atoms with Gasteiger partial charge in [0.05, 0.1) is 18.6 Å². The first-order valence-corrected chi connectivity index (χ1v) is 6.11. The molecule has 0 N–H and O–H groups in total. The van der Waals surface area contributed by atoms with Crippen molar-refractivity contribution in [1.29, 1.82) is 0 Å². The molecule has 1 fully saturated rings. The predicted molar refractivity (Wildman–Crippen MR) is 62.5 cm³/mol. The Bertz CT molecular complexity index is 319. The molecule has 0 aromatic heterocycles. The van der Waals surface area contributed by atoms with Gasteiger partial charge in [-0.2, -0.15) is 10.2 Å². The van der Waals surface area contributed by atoms with Gasteiger partial charge in [-0.05, 0) is 20.8 Å². The Balaban J connectivity index is 2.25. The van der Waals surface area contributed by atoms with Crippen molar-refractivity contribution in [2.45, 2.75) is 51.7 Å². The average molecular weight is 223 g/mol. The van der Waals surface area contributed by atoms with Crippen LogP contribution in [0.4, 0.5) is 0 Å². The molecular weight excluding hydrogens is 202 g/mol. The van der Waals surface area contributed by atoms with Crippen molar-refractivity contribution >= 4 is 5.78 Å². The number of likely N-dealkylation sites (tertiary alicyclic amines) is 1.